The Kier molecular flexibility index (Phi) is 4.17. The van der Waals surface area contributed by atoms with Crippen LogP contribution in [0.5, 0.6) is 0 Å². The molecule has 1 heterocycles. The molecule has 3 N–H and O–H groups in total. The quantitative estimate of drug-likeness (QED) is 0.792. The van der Waals surface area contributed by atoms with Gasteiger partial charge < -0.3 is 11.1 Å². The number of hydrogen-bond donors (Lipinski definition) is 2. The first-order valence-corrected chi connectivity index (χ1v) is 5.75. The van der Waals surface area contributed by atoms with E-state index in [2.05, 4.69) is 10.3 Å². The topological polar surface area (TPSA) is 68.0 Å². The maximum Gasteiger partial charge on any atom is 0.232 e. The molecule has 0 unspecified atom stereocenters. The van der Waals surface area contributed by atoms with Crippen molar-refractivity contribution in [3.05, 3.63) is 29.6 Å². The Morgan fingerprint density at radius 1 is 1.59 bits per heavy atom. The number of nitrogens with two attached hydrogens (primary N) is 1. The third-order valence-electron chi connectivity index (χ3n) is 2.72. The smallest absolute Gasteiger partial charge is 0.232 e. The van der Waals surface area contributed by atoms with Gasteiger partial charge in [-0.15, -0.1) is 0 Å². The summed E-state index contributed by atoms with van der Waals surface area (Å²) in [5.74, 6) is -0.185. The molecule has 17 heavy (non-hydrogen) atoms. The lowest BCUT2D eigenvalue weighted by atomic mass is 9.92. The summed E-state index contributed by atoms with van der Waals surface area (Å²) in [5.41, 5.74) is 6.58. The van der Waals surface area contributed by atoms with E-state index in [4.69, 9.17) is 18.0 Å². The van der Waals surface area contributed by atoms with Crippen LogP contribution < -0.4 is 11.1 Å². The zero-order chi connectivity index (χ0) is 13.1. The predicted octanol–water partition coefficient (Wildman–Crippen LogP) is 1.32. The molecular weight excluding hydrogens is 234 g/mol. The summed E-state index contributed by atoms with van der Waals surface area (Å²) >= 11 is 4.87. The number of hydrogen-bond acceptors (Lipinski definition) is 3. The minimum atomic E-state index is -0.835. The zero-order valence-electron chi connectivity index (χ0n) is 10.3. The molecule has 4 nitrogen and oxygen atoms in total. The van der Waals surface area contributed by atoms with Crippen molar-refractivity contribution in [3.63, 3.8) is 0 Å². The lowest BCUT2D eigenvalue weighted by molar-refractivity contribution is -0.126. The Labute approximate surface area is 107 Å². The summed E-state index contributed by atoms with van der Waals surface area (Å²) in [7, 11) is 0. The van der Waals surface area contributed by atoms with Gasteiger partial charge in [0.25, 0.3) is 0 Å². The maximum atomic E-state index is 11.9. The molecule has 0 fully saturated rings. The van der Waals surface area contributed by atoms with Crippen molar-refractivity contribution in [2.24, 2.45) is 11.1 Å². The monoisotopic (exact) mass is 251 g/mol. The molecule has 0 saturated heterocycles. The predicted molar refractivity (Wildman–Crippen MR) is 71.4 cm³/mol. The lowest BCUT2D eigenvalue weighted by Gasteiger charge is -2.21. The SMILES string of the molecule is Cc1cccnc1CNC(=O)C(C)(C)C(N)=S. The molecule has 0 aliphatic heterocycles. The van der Waals surface area contributed by atoms with Gasteiger partial charge in [-0.05, 0) is 32.4 Å². The van der Waals surface area contributed by atoms with Gasteiger partial charge in [-0.2, -0.15) is 0 Å². The van der Waals surface area contributed by atoms with Crippen molar-refractivity contribution in [2.45, 2.75) is 27.3 Å². The summed E-state index contributed by atoms with van der Waals surface area (Å²) < 4.78 is 0. The van der Waals surface area contributed by atoms with Crippen molar-refractivity contribution < 1.29 is 4.79 Å². The lowest BCUT2D eigenvalue weighted by Crippen LogP contribution is -2.44. The molecule has 0 spiro atoms. The number of nitrogens with zero attached hydrogens (tertiary/aromatic N) is 1. The molecule has 1 aromatic heterocycles. The first-order chi connectivity index (χ1) is 7.85. The highest BCUT2D eigenvalue weighted by molar-refractivity contribution is 7.80. The number of pyridine rings is 1. The van der Waals surface area contributed by atoms with Crippen LogP contribution in [0.3, 0.4) is 0 Å². The van der Waals surface area contributed by atoms with Gasteiger partial charge in [-0.3, -0.25) is 9.78 Å². The summed E-state index contributed by atoms with van der Waals surface area (Å²) in [6, 6.07) is 3.81. The van der Waals surface area contributed by atoms with Crippen LogP contribution in [0.1, 0.15) is 25.1 Å². The maximum absolute atomic E-state index is 11.9. The van der Waals surface area contributed by atoms with Gasteiger partial charge in [0, 0.05) is 6.20 Å². The molecule has 1 amide bonds. The van der Waals surface area contributed by atoms with E-state index in [0.29, 0.717) is 6.54 Å². The Bertz CT molecular complexity index is 443. The molecule has 0 radical (unpaired) electrons. The highest BCUT2D eigenvalue weighted by Crippen LogP contribution is 2.15. The van der Waals surface area contributed by atoms with Gasteiger partial charge in [-0.1, -0.05) is 18.3 Å². The van der Waals surface area contributed by atoms with Crippen molar-refractivity contribution in [3.8, 4) is 0 Å². The molecule has 92 valence electrons. The largest absolute Gasteiger partial charge is 0.392 e. The standard InChI is InChI=1S/C12H17N3OS/c1-8-5-4-6-14-9(8)7-15-11(16)12(2,3)10(13)17/h4-6H,7H2,1-3H3,(H2,13,17)(H,15,16). The van der Waals surface area contributed by atoms with Crippen LogP contribution in [-0.4, -0.2) is 15.9 Å². The third-order valence-corrected chi connectivity index (χ3v) is 3.23. The zero-order valence-corrected chi connectivity index (χ0v) is 11.1. The van der Waals surface area contributed by atoms with Crippen molar-refractivity contribution in [2.75, 3.05) is 0 Å². The molecule has 0 saturated carbocycles. The number of aromatic nitrogens is 1. The van der Waals surface area contributed by atoms with Crippen LogP contribution in [0.25, 0.3) is 0 Å². The Balaban J connectivity index is 2.67. The van der Waals surface area contributed by atoms with Gasteiger partial charge in [0.2, 0.25) is 5.91 Å². The molecule has 0 aromatic carbocycles. The first-order valence-electron chi connectivity index (χ1n) is 5.34. The molecule has 0 aliphatic carbocycles. The van der Waals surface area contributed by atoms with E-state index in [1.807, 2.05) is 19.1 Å². The van der Waals surface area contributed by atoms with Crippen LogP contribution in [0.2, 0.25) is 0 Å². The highest BCUT2D eigenvalue weighted by atomic mass is 32.1. The number of aryl methyl sites for hydroxylation is 1. The average Bonchev–Trinajstić information content (AvgIpc) is 2.27. The molecule has 0 atom stereocenters. The van der Waals surface area contributed by atoms with E-state index in [-0.39, 0.29) is 10.9 Å². The minimum Gasteiger partial charge on any atom is -0.392 e. The van der Waals surface area contributed by atoms with Gasteiger partial charge >= 0.3 is 0 Å². The van der Waals surface area contributed by atoms with E-state index in [0.717, 1.165) is 11.3 Å². The number of rotatable bonds is 4. The Morgan fingerprint density at radius 3 is 2.76 bits per heavy atom. The Hall–Kier alpha value is -1.49. The number of carbonyl (C=O) groups excluding carboxylic acids is 1. The number of carbonyl (C=O) groups is 1. The summed E-state index contributed by atoms with van der Waals surface area (Å²) in [4.78, 5) is 16.3. The fourth-order valence-corrected chi connectivity index (χ4v) is 1.29. The van der Waals surface area contributed by atoms with Crippen LogP contribution in [0, 0.1) is 12.3 Å². The number of amides is 1. The molecule has 5 heteroatoms. The van der Waals surface area contributed by atoms with Gasteiger partial charge in [0.1, 0.15) is 0 Å². The van der Waals surface area contributed by atoms with Gasteiger partial charge in [-0.25, -0.2) is 0 Å². The van der Waals surface area contributed by atoms with E-state index >= 15 is 0 Å². The van der Waals surface area contributed by atoms with Crippen LogP contribution >= 0.6 is 12.2 Å². The highest BCUT2D eigenvalue weighted by Gasteiger charge is 2.30. The van der Waals surface area contributed by atoms with Crippen LogP contribution in [-0.2, 0) is 11.3 Å². The van der Waals surface area contributed by atoms with Crippen molar-refractivity contribution in [1.29, 1.82) is 0 Å². The van der Waals surface area contributed by atoms with E-state index in [1.54, 1.807) is 20.0 Å². The fraction of sp³-hybridized carbons (Fsp3) is 0.417. The second-order valence-corrected chi connectivity index (χ2v) is 4.88. The third kappa shape index (κ3) is 3.23. The van der Waals surface area contributed by atoms with E-state index in [1.165, 1.54) is 0 Å². The molecule has 0 bridgehead atoms. The normalized spacial score (nSPS) is 11.0. The molecular formula is C12H17N3OS. The first kappa shape index (κ1) is 13.6. The van der Waals surface area contributed by atoms with Crippen molar-refractivity contribution >= 4 is 23.1 Å². The second kappa shape index (κ2) is 5.23. The van der Waals surface area contributed by atoms with E-state index < -0.39 is 5.41 Å². The summed E-state index contributed by atoms with van der Waals surface area (Å²) in [5, 5.41) is 2.79. The molecule has 1 aromatic rings. The van der Waals surface area contributed by atoms with Gasteiger partial charge in [0.05, 0.1) is 22.6 Å². The second-order valence-electron chi connectivity index (χ2n) is 4.44. The minimum absolute atomic E-state index is 0.185. The molecule has 0 aliphatic rings. The van der Waals surface area contributed by atoms with Crippen molar-refractivity contribution in [1.82, 2.24) is 10.3 Å². The van der Waals surface area contributed by atoms with Crippen LogP contribution in [0.4, 0.5) is 0 Å². The molecule has 1 rings (SSSR count). The number of nitrogens with one attached hydrogen (secondary N) is 1. The Morgan fingerprint density at radius 2 is 2.24 bits per heavy atom. The average molecular weight is 251 g/mol. The van der Waals surface area contributed by atoms with Gasteiger partial charge in [0.15, 0.2) is 0 Å². The summed E-state index contributed by atoms with van der Waals surface area (Å²) in [6.07, 6.45) is 1.70. The summed E-state index contributed by atoms with van der Waals surface area (Å²) in [6.45, 7) is 5.75. The van der Waals surface area contributed by atoms with E-state index in [9.17, 15) is 4.79 Å². The number of thiocarbonyl (C=S) groups is 1. The fourth-order valence-electron chi connectivity index (χ4n) is 1.20. The van der Waals surface area contributed by atoms with Crippen LogP contribution in [0.15, 0.2) is 18.3 Å².